The summed E-state index contributed by atoms with van der Waals surface area (Å²) in [6.45, 7) is 6.50. The molecule has 0 bridgehead atoms. The quantitative estimate of drug-likeness (QED) is 0.699. The van der Waals surface area contributed by atoms with Crippen LogP contribution in [0.5, 0.6) is 5.75 Å². The lowest BCUT2D eigenvalue weighted by molar-refractivity contribution is 0.302. The van der Waals surface area contributed by atoms with Gasteiger partial charge >= 0.3 is 0 Å². The van der Waals surface area contributed by atoms with E-state index in [4.69, 9.17) is 4.74 Å². The Morgan fingerprint density at radius 3 is 2.60 bits per heavy atom. The predicted molar refractivity (Wildman–Crippen MR) is 96.1 cm³/mol. The van der Waals surface area contributed by atoms with Crippen molar-refractivity contribution in [2.45, 2.75) is 33.4 Å². The van der Waals surface area contributed by atoms with Crippen molar-refractivity contribution in [3.05, 3.63) is 65.7 Å². The van der Waals surface area contributed by atoms with Gasteiger partial charge in [-0.05, 0) is 26.3 Å². The smallest absolute Gasteiger partial charge is 0.182 e. The third-order valence-electron chi connectivity index (χ3n) is 4.06. The van der Waals surface area contributed by atoms with Crippen molar-refractivity contribution >= 4 is 0 Å². The van der Waals surface area contributed by atoms with Gasteiger partial charge in [0, 0.05) is 35.1 Å². The van der Waals surface area contributed by atoms with E-state index in [0.717, 1.165) is 22.3 Å². The molecule has 0 fully saturated rings. The van der Waals surface area contributed by atoms with Crippen molar-refractivity contribution < 1.29 is 4.74 Å². The van der Waals surface area contributed by atoms with Gasteiger partial charge < -0.3 is 4.74 Å². The van der Waals surface area contributed by atoms with E-state index in [9.17, 15) is 5.26 Å². The van der Waals surface area contributed by atoms with Crippen molar-refractivity contribution in [3.63, 3.8) is 0 Å². The lowest BCUT2D eigenvalue weighted by Crippen LogP contribution is -2.02. The average Bonchev–Trinajstić information content (AvgIpc) is 3.11. The molecule has 126 valence electrons. The summed E-state index contributed by atoms with van der Waals surface area (Å²) in [5.74, 6) is 0.529. The lowest BCUT2D eigenvalue weighted by atomic mass is 10.0. The largest absolute Gasteiger partial charge is 0.486 e. The first-order chi connectivity index (χ1) is 12.1. The highest BCUT2D eigenvalue weighted by molar-refractivity contribution is 5.69. The zero-order valence-corrected chi connectivity index (χ0v) is 14.6. The Bertz CT molecular complexity index is 907. The Hall–Kier alpha value is -3.13. The first-order valence-electron chi connectivity index (χ1n) is 8.21. The molecule has 0 atom stereocenters. The molecule has 0 aliphatic rings. The van der Waals surface area contributed by atoms with E-state index < -0.39 is 0 Å². The highest BCUT2D eigenvalue weighted by Crippen LogP contribution is 2.32. The molecule has 0 radical (unpaired) electrons. The van der Waals surface area contributed by atoms with Crippen LogP contribution in [0.2, 0.25) is 0 Å². The number of ether oxygens (including phenoxy) is 1. The van der Waals surface area contributed by atoms with Crippen LogP contribution in [0.3, 0.4) is 0 Å². The molecule has 25 heavy (non-hydrogen) atoms. The third kappa shape index (κ3) is 3.53. The molecule has 5 nitrogen and oxygen atoms in total. The Balaban J connectivity index is 1.95. The summed E-state index contributed by atoms with van der Waals surface area (Å²) in [6.07, 6.45) is 5.52. The van der Waals surface area contributed by atoms with Gasteiger partial charge in [0.1, 0.15) is 12.7 Å². The van der Waals surface area contributed by atoms with Gasteiger partial charge in [0.15, 0.2) is 11.4 Å². The molecule has 0 aliphatic heterocycles. The van der Waals surface area contributed by atoms with Crippen LogP contribution < -0.4 is 4.74 Å². The Labute approximate surface area is 147 Å². The van der Waals surface area contributed by atoms with Crippen LogP contribution in [0.15, 0.2) is 48.9 Å². The fourth-order valence-corrected chi connectivity index (χ4v) is 2.62. The van der Waals surface area contributed by atoms with Gasteiger partial charge in [-0.1, -0.05) is 30.3 Å². The number of aromatic nitrogens is 3. The van der Waals surface area contributed by atoms with Gasteiger partial charge in [-0.2, -0.15) is 10.4 Å². The van der Waals surface area contributed by atoms with E-state index in [1.807, 2.05) is 54.3 Å². The van der Waals surface area contributed by atoms with Crippen LogP contribution >= 0.6 is 0 Å². The van der Waals surface area contributed by atoms with Crippen LogP contribution in [0.4, 0.5) is 0 Å². The second-order valence-electron chi connectivity index (χ2n) is 6.16. The Morgan fingerprint density at radius 2 is 1.96 bits per heavy atom. The maximum atomic E-state index is 9.37. The van der Waals surface area contributed by atoms with E-state index in [0.29, 0.717) is 18.1 Å². The molecule has 3 aromatic rings. The van der Waals surface area contributed by atoms with Crippen molar-refractivity contribution in [2.75, 3.05) is 0 Å². The van der Waals surface area contributed by atoms with Crippen molar-refractivity contribution in [3.8, 4) is 22.9 Å². The molecular weight excluding hydrogens is 312 g/mol. The van der Waals surface area contributed by atoms with Gasteiger partial charge in [0.2, 0.25) is 0 Å². The van der Waals surface area contributed by atoms with E-state index >= 15 is 0 Å². The van der Waals surface area contributed by atoms with E-state index in [1.165, 1.54) is 0 Å². The maximum absolute atomic E-state index is 9.37. The molecule has 0 saturated carbocycles. The van der Waals surface area contributed by atoms with E-state index in [2.05, 4.69) is 30.0 Å². The van der Waals surface area contributed by atoms with Crippen molar-refractivity contribution in [1.29, 1.82) is 5.26 Å². The van der Waals surface area contributed by atoms with Crippen molar-refractivity contribution in [1.82, 2.24) is 14.8 Å². The lowest BCUT2D eigenvalue weighted by Gasteiger charge is -2.13. The molecule has 0 spiro atoms. The zero-order chi connectivity index (χ0) is 17.8. The highest BCUT2D eigenvalue weighted by Gasteiger charge is 2.16. The molecule has 0 aliphatic carbocycles. The van der Waals surface area contributed by atoms with Crippen LogP contribution in [0, 0.1) is 18.3 Å². The normalized spacial score (nSPS) is 10.7. The number of nitriles is 1. The summed E-state index contributed by atoms with van der Waals surface area (Å²) >= 11 is 0. The van der Waals surface area contributed by atoms with Gasteiger partial charge in [-0.15, -0.1) is 0 Å². The summed E-state index contributed by atoms with van der Waals surface area (Å²) in [4.78, 5) is 4.28. The summed E-state index contributed by atoms with van der Waals surface area (Å²) < 4.78 is 7.85. The minimum atomic E-state index is 0.286. The van der Waals surface area contributed by atoms with Crippen LogP contribution in [-0.4, -0.2) is 14.8 Å². The topological polar surface area (TPSA) is 63.7 Å². The fraction of sp³-hybridized carbons (Fsp3) is 0.250. The van der Waals surface area contributed by atoms with Gasteiger partial charge in [0.05, 0.1) is 6.20 Å². The molecular formula is C20H20N4O. The monoisotopic (exact) mass is 332 g/mol. The maximum Gasteiger partial charge on any atom is 0.182 e. The molecule has 2 aromatic heterocycles. The minimum Gasteiger partial charge on any atom is -0.486 e. The van der Waals surface area contributed by atoms with E-state index in [-0.39, 0.29) is 6.04 Å². The number of hydrogen-bond donors (Lipinski definition) is 0. The number of rotatable bonds is 5. The molecule has 0 unspecified atom stereocenters. The molecule has 1 aromatic carbocycles. The second-order valence-corrected chi connectivity index (χ2v) is 6.16. The molecule has 0 amide bonds. The first kappa shape index (κ1) is 16.7. The summed E-state index contributed by atoms with van der Waals surface area (Å²) in [5.41, 5.74) is 4.13. The average molecular weight is 332 g/mol. The zero-order valence-electron chi connectivity index (χ0n) is 14.6. The van der Waals surface area contributed by atoms with E-state index in [1.54, 1.807) is 6.20 Å². The molecule has 0 N–H and O–H groups in total. The molecule has 5 heteroatoms. The second kappa shape index (κ2) is 7.18. The number of nitrogens with zero attached hydrogens (tertiary/aromatic N) is 4. The van der Waals surface area contributed by atoms with Gasteiger partial charge in [-0.25, -0.2) is 4.98 Å². The summed E-state index contributed by atoms with van der Waals surface area (Å²) in [5, 5.41) is 13.8. The SMILES string of the molecule is Cc1c(-c2cnn(C(C)C)c2)cnc(C#N)c1OCc1ccccc1. The predicted octanol–water partition coefficient (Wildman–Crippen LogP) is 4.29. The fourth-order valence-electron chi connectivity index (χ4n) is 2.62. The first-order valence-corrected chi connectivity index (χ1v) is 8.21. The number of benzene rings is 1. The summed E-state index contributed by atoms with van der Waals surface area (Å²) in [7, 11) is 0. The van der Waals surface area contributed by atoms with Crippen LogP contribution in [0.1, 0.15) is 36.7 Å². The molecule has 0 saturated heterocycles. The third-order valence-corrected chi connectivity index (χ3v) is 4.06. The highest BCUT2D eigenvalue weighted by atomic mass is 16.5. The summed E-state index contributed by atoms with van der Waals surface area (Å²) in [6, 6.07) is 12.3. The van der Waals surface area contributed by atoms with Crippen LogP contribution in [0.25, 0.3) is 11.1 Å². The standard InChI is InChI=1S/C20H20N4O/c1-14(2)24-12-17(10-23-24)18-11-22-19(9-21)20(15(18)3)25-13-16-7-5-4-6-8-16/h4-8,10-12,14H,13H2,1-3H3. The number of hydrogen-bond acceptors (Lipinski definition) is 4. The Morgan fingerprint density at radius 1 is 1.20 bits per heavy atom. The molecule has 2 heterocycles. The minimum absolute atomic E-state index is 0.286. The van der Waals surface area contributed by atoms with Gasteiger partial charge in [0.25, 0.3) is 0 Å². The van der Waals surface area contributed by atoms with Gasteiger partial charge in [-0.3, -0.25) is 4.68 Å². The van der Waals surface area contributed by atoms with Crippen LogP contribution in [-0.2, 0) is 6.61 Å². The number of pyridine rings is 1. The molecule has 3 rings (SSSR count). The Kier molecular flexibility index (Phi) is 4.80. The van der Waals surface area contributed by atoms with Crippen molar-refractivity contribution in [2.24, 2.45) is 0 Å².